The molecule has 0 atom stereocenters. The minimum Gasteiger partial charge on any atom is -0.379 e. The van der Waals surface area contributed by atoms with Crippen LogP contribution in [0.5, 0.6) is 0 Å². The molecule has 1 rings (SSSR count). The molecule has 0 saturated carbocycles. The lowest BCUT2D eigenvalue weighted by atomic mass is 10.3. The first kappa shape index (κ1) is 10.4. The van der Waals surface area contributed by atoms with Crippen LogP contribution in [-0.2, 0) is 0 Å². The summed E-state index contributed by atoms with van der Waals surface area (Å²) < 4.78 is 36.7. The number of benzene rings is 1. The average Bonchev–Trinajstić information content (AvgIpc) is 1.99. The third-order valence-corrected chi connectivity index (χ3v) is 1.78. The SMILES string of the molecule is Fc1cc(Br)cc(NCC(F)F)c1. The van der Waals surface area contributed by atoms with Crippen molar-refractivity contribution in [1.82, 2.24) is 0 Å². The molecule has 13 heavy (non-hydrogen) atoms. The molecule has 72 valence electrons. The first-order valence-electron chi connectivity index (χ1n) is 3.56. The van der Waals surface area contributed by atoms with Gasteiger partial charge in [-0.15, -0.1) is 0 Å². The quantitative estimate of drug-likeness (QED) is 0.872. The molecule has 0 radical (unpaired) electrons. The van der Waals surface area contributed by atoms with Crippen molar-refractivity contribution in [2.75, 3.05) is 11.9 Å². The Balaban J connectivity index is 2.66. The van der Waals surface area contributed by atoms with Crippen molar-refractivity contribution in [2.45, 2.75) is 6.43 Å². The van der Waals surface area contributed by atoms with E-state index in [0.29, 0.717) is 10.2 Å². The number of anilines is 1. The van der Waals surface area contributed by atoms with E-state index in [1.165, 1.54) is 12.1 Å². The molecule has 0 amide bonds. The van der Waals surface area contributed by atoms with Crippen LogP contribution in [0.2, 0.25) is 0 Å². The summed E-state index contributed by atoms with van der Waals surface area (Å²) in [5.74, 6) is -0.467. The van der Waals surface area contributed by atoms with Gasteiger partial charge in [0.05, 0.1) is 6.54 Å². The van der Waals surface area contributed by atoms with E-state index in [9.17, 15) is 13.2 Å². The summed E-state index contributed by atoms with van der Waals surface area (Å²) in [5, 5.41) is 2.41. The molecule has 0 unspecified atom stereocenters. The Morgan fingerprint density at radius 3 is 2.54 bits per heavy atom. The highest BCUT2D eigenvalue weighted by Gasteiger charge is 2.03. The van der Waals surface area contributed by atoms with E-state index >= 15 is 0 Å². The van der Waals surface area contributed by atoms with Gasteiger partial charge in [0, 0.05) is 10.2 Å². The van der Waals surface area contributed by atoms with Crippen molar-refractivity contribution in [3.8, 4) is 0 Å². The van der Waals surface area contributed by atoms with Crippen LogP contribution in [0, 0.1) is 5.82 Å². The first-order chi connectivity index (χ1) is 6.08. The molecule has 0 aliphatic rings. The molecule has 5 heteroatoms. The fraction of sp³-hybridized carbons (Fsp3) is 0.250. The zero-order valence-corrected chi connectivity index (χ0v) is 8.11. The van der Waals surface area contributed by atoms with Gasteiger partial charge in [0.15, 0.2) is 0 Å². The Hall–Kier alpha value is -0.710. The number of hydrogen-bond donors (Lipinski definition) is 1. The van der Waals surface area contributed by atoms with Crippen molar-refractivity contribution in [3.63, 3.8) is 0 Å². The monoisotopic (exact) mass is 253 g/mol. The highest BCUT2D eigenvalue weighted by Crippen LogP contribution is 2.18. The summed E-state index contributed by atoms with van der Waals surface area (Å²) in [7, 11) is 0. The third-order valence-electron chi connectivity index (χ3n) is 1.32. The molecule has 0 aliphatic heterocycles. The maximum absolute atomic E-state index is 12.7. The summed E-state index contributed by atoms with van der Waals surface area (Å²) in [6.45, 7) is -0.476. The second kappa shape index (κ2) is 4.50. The molecule has 1 aromatic rings. The Labute approximate surface area is 82.1 Å². The molecule has 1 nitrogen and oxygen atoms in total. The van der Waals surface area contributed by atoms with Crippen LogP contribution in [0.1, 0.15) is 0 Å². The molecular formula is C8H7BrF3N. The lowest BCUT2D eigenvalue weighted by Crippen LogP contribution is -2.10. The van der Waals surface area contributed by atoms with E-state index in [2.05, 4.69) is 21.2 Å². The van der Waals surface area contributed by atoms with E-state index in [1.54, 1.807) is 0 Å². The summed E-state index contributed by atoms with van der Waals surface area (Å²) in [6, 6.07) is 3.95. The smallest absolute Gasteiger partial charge is 0.255 e. The highest BCUT2D eigenvalue weighted by molar-refractivity contribution is 9.10. The lowest BCUT2D eigenvalue weighted by molar-refractivity contribution is 0.163. The number of rotatable bonds is 3. The molecule has 0 aromatic heterocycles. The summed E-state index contributed by atoms with van der Waals surface area (Å²) in [6.07, 6.45) is -2.44. The molecule has 0 bridgehead atoms. The van der Waals surface area contributed by atoms with Crippen LogP contribution in [0.15, 0.2) is 22.7 Å². The molecule has 1 N–H and O–H groups in total. The van der Waals surface area contributed by atoms with Crippen LogP contribution in [0.25, 0.3) is 0 Å². The summed E-state index contributed by atoms with van der Waals surface area (Å²) in [4.78, 5) is 0. The van der Waals surface area contributed by atoms with E-state index in [4.69, 9.17) is 0 Å². The van der Waals surface area contributed by atoms with Crippen molar-refractivity contribution in [1.29, 1.82) is 0 Å². The molecule has 0 fully saturated rings. The van der Waals surface area contributed by atoms with Crippen LogP contribution in [0.3, 0.4) is 0 Å². The van der Waals surface area contributed by atoms with E-state index in [-0.39, 0.29) is 0 Å². The number of hydrogen-bond acceptors (Lipinski definition) is 1. The molecule has 0 saturated heterocycles. The first-order valence-corrected chi connectivity index (χ1v) is 4.35. The van der Waals surface area contributed by atoms with E-state index in [0.717, 1.165) is 6.07 Å². The third kappa shape index (κ3) is 3.67. The second-order valence-electron chi connectivity index (χ2n) is 2.43. The maximum Gasteiger partial charge on any atom is 0.255 e. The van der Waals surface area contributed by atoms with E-state index < -0.39 is 18.8 Å². The predicted molar refractivity (Wildman–Crippen MR) is 48.6 cm³/mol. The number of halogens is 4. The Bertz CT molecular complexity index is 270. The van der Waals surface area contributed by atoms with Gasteiger partial charge >= 0.3 is 0 Å². The van der Waals surface area contributed by atoms with Crippen molar-refractivity contribution in [3.05, 3.63) is 28.5 Å². The summed E-state index contributed by atoms with van der Waals surface area (Å²) >= 11 is 3.05. The number of alkyl halides is 2. The zero-order chi connectivity index (χ0) is 9.84. The molecule has 1 aromatic carbocycles. The lowest BCUT2D eigenvalue weighted by Gasteiger charge is -2.05. The van der Waals surface area contributed by atoms with Crippen LogP contribution in [-0.4, -0.2) is 13.0 Å². The van der Waals surface area contributed by atoms with Crippen molar-refractivity contribution in [2.24, 2.45) is 0 Å². The normalized spacial score (nSPS) is 10.5. The largest absolute Gasteiger partial charge is 0.379 e. The number of nitrogens with one attached hydrogen (secondary N) is 1. The van der Waals surface area contributed by atoms with Gasteiger partial charge in [-0.2, -0.15) is 0 Å². The van der Waals surface area contributed by atoms with Gasteiger partial charge in [-0.25, -0.2) is 13.2 Å². The van der Waals surface area contributed by atoms with Crippen LogP contribution >= 0.6 is 15.9 Å². The van der Waals surface area contributed by atoms with Crippen molar-refractivity contribution < 1.29 is 13.2 Å². The average molecular weight is 254 g/mol. The van der Waals surface area contributed by atoms with Gasteiger partial charge < -0.3 is 5.32 Å². The Kier molecular flexibility index (Phi) is 3.59. The van der Waals surface area contributed by atoms with Gasteiger partial charge in [0.1, 0.15) is 5.82 Å². The van der Waals surface area contributed by atoms with Gasteiger partial charge in [-0.3, -0.25) is 0 Å². The Morgan fingerprint density at radius 1 is 1.31 bits per heavy atom. The summed E-state index contributed by atoms with van der Waals surface area (Å²) in [5.41, 5.74) is 0.340. The van der Waals surface area contributed by atoms with Gasteiger partial charge in [-0.1, -0.05) is 15.9 Å². The van der Waals surface area contributed by atoms with Gasteiger partial charge in [-0.05, 0) is 18.2 Å². The fourth-order valence-corrected chi connectivity index (χ4v) is 1.32. The van der Waals surface area contributed by atoms with Gasteiger partial charge in [0.2, 0.25) is 0 Å². The Morgan fingerprint density at radius 2 is 2.00 bits per heavy atom. The molecule has 0 spiro atoms. The van der Waals surface area contributed by atoms with Crippen LogP contribution < -0.4 is 5.32 Å². The minimum atomic E-state index is -2.44. The second-order valence-corrected chi connectivity index (χ2v) is 3.35. The standard InChI is InChI=1S/C8H7BrF3N/c9-5-1-6(10)3-7(2-5)13-4-8(11)12/h1-3,8,13H,4H2. The van der Waals surface area contributed by atoms with E-state index in [1.807, 2.05) is 0 Å². The minimum absolute atomic E-state index is 0.340. The maximum atomic E-state index is 12.7. The predicted octanol–water partition coefficient (Wildman–Crippen LogP) is 3.27. The van der Waals surface area contributed by atoms with Gasteiger partial charge in [0.25, 0.3) is 6.43 Å². The fourth-order valence-electron chi connectivity index (χ4n) is 0.851. The highest BCUT2D eigenvalue weighted by atomic mass is 79.9. The molecule has 0 aliphatic carbocycles. The molecular weight excluding hydrogens is 247 g/mol. The van der Waals surface area contributed by atoms with Crippen LogP contribution in [0.4, 0.5) is 18.9 Å². The zero-order valence-electron chi connectivity index (χ0n) is 6.53. The van der Waals surface area contributed by atoms with Crippen molar-refractivity contribution >= 4 is 21.6 Å². The topological polar surface area (TPSA) is 12.0 Å². The molecule has 0 heterocycles.